The summed E-state index contributed by atoms with van der Waals surface area (Å²) in [5.41, 5.74) is 3.33. The first-order chi connectivity index (χ1) is 13.0. The Bertz CT molecular complexity index is 970. The van der Waals surface area contributed by atoms with E-state index in [1.54, 1.807) is 19.3 Å². The van der Waals surface area contributed by atoms with Crippen LogP contribution in [0.3, 0.4) is 0 Å². The average Bonchev–Trinajstić information content (AvgIpc) is 3.05. The zero-order valence-corrected chi connectivity index (χ0v) is 15.6. The topological polar surface area (TPSA) is 103 Å². The summed E-state index contributed by atoms with van der Waals surface area (Å²) in [6, 6.07) is 5.64. The molecular weight excluding hydrogens is 346 g/mol. The van der Waals surface area contributed by atoms with Gasteiger partial charge < -0.3 is 10.1 Å². The summed E-state index contributed by atoms with van der Waals surface area (Å²) < 4.78 is 8.94. The van der Waals surface area contributed by atoms with E-state index in [-0.39, 0.29) is 5.56 Å². The third-order valence-corrected chi connectivity index (χ3v) is 4.95. The van der Waals surface area contributed by atoms with E-state index in [9.17, 15) is 4.79 Å². The highest BCUT2D eigenvalue weighted by molar-refractivity contribution is 5.43. The van der Waals surface area contributed by atoms with Crippen LogP contribution >= 0.6 is 0 Å². The Balaban J connectivity index is 1.39. The summed E-state index contributed by atoms with van der Waals surface area (Å²) in [7, 11) is 3.51. The number of hydrogen-bond donors (Lipinski definition) is 2. The number of aromatic nitrogens is 6. The first-order valence-electron chi connectivity index (χ1n) is 8.95. The van der Waals surface area contributed by atoms with Gasteiger partial charge >= 0.3 is 0 Å². The molecule has 0 radical (unpaired) electrons. The van der Waals surface area contributed by atoms with Crippen LogP contribution < -0.4 is 15.6 Å². The number of H-pyrrole nitrogens is 1. The molecule has 0 aliphatic heterocycles. The number of nitrogens with zero attached hydrogens (tertiary/aromatic N) is 5. The molecule has 2 atom stereocenters. The van der Waals surface area contributed by atoms with E-state index in [0.29, 0.717) is 36.6 Å². The molecule has 9 nitrogen and oxygen atoms in total. The van der Waals surface area contributed by atoms with Crippen LogP contribution in [0.15, 0.2) is 29.2 Å². The minimum Gasteiger partial charge on any atom is -0.476 e. The number of aryl methyl sites for hydroxylation is 3. The lowest BCUT2D eigenvalue weighted by Gasteiger charge is -2.10. The van der Waals surface area contributed by atoms with Crippen LogP contribution in [0.5, 0.6) is 5.88 Å². The lowest BCUT2D eigenvalue weighted by molar-refractivity contribution is 0.278. The molecule has 2 unspecified atom stereocenters. The van der Waals surface area contributed by atoms with Crippen molar-refractivity contribution in [3.05, 3.63) is 51.8 Å². The average molecular weight is 369 g/mol. The number of aromatic amines is 1. The molecule has 1 saturated carbocycles. The van der Waals surface area contributed by atoms with Gasteiger partial charge in [-0.2, -0.15) is 10.2 Å². The fourth-order valence-corrected chi connectivity index (χ4v) is 3.16. The number of ether oxygens (including phenoxy) is 1. The van der Waals surface area contributed by atoms with Crippen LogP contribution in [0.4, 0.5) is 5.69 Å². The van der Waals surface area contributed by atoms with Gasteiger partial charge in [0.15, 0.2) is 0 Å². The van der Waals surface area contributed by atoms with Crippen LogP contribution in [0.1, 0.15) is 29.4 Å². The van der Waals surface area contributed by atoms with Crippen molar-refractivity contribution in [3.63, 3.8) is 0 Å². The number of rotatable bonds is 7. The van der Waals surface area contributed by atoms with E-state index in [1.165, 1.54) is 4.68 Å². The van der Waals surface area contributed by atoms with Gasteiger partial charge in [-0.25, -0.2) is 4.68 Å². The lowest BCUT2D eigenvalue weighted by Crippen LogP contribution is -2.24. The van der Waals surface area contributed by atoms with Gasteiger partial charge in [0, 0.05) is 49.6 Å². The van der Waals surface area contributed by atoms with Crippen molar-refractivity contribution in [2.75, 3.05) is 11.9 Å². The maximum atomic E-state index is 12.3. The molecule has 3 aromatic rings. The van der Waals surface area contributed by atoms with Gasteiger partial charge in [-0.05, 0) is 25.5 Å². The molecule has 27 heavy (non-hydrogen) atoms. The first-order valence-corrected chi connectivity index (χ1v) is 8.95. The Hall–Kier alpha value is -3.10. The highest BCUT2D eigenvalue weighted by Crippen LogP contribution is 2.46. The van der Waals surface area contributed by atoms with E-state index in [2.05, 4.69) is 25.7 Å². The Labute approximate surface area is 156 Å². The minimum absolute atomic E-state index is 0.197. The number of anilines is 1. The summed E-state index contributed by atoms with van der Waals surface area (Å²) in [6.07, 6.45) is 2.83. The molecule has 0 aromatic carbocycles. The molecule has 9 heteroatoms. The molecule has 1 fully saturated rings. The van der Waals surface area contributed by atoms with Gasteiger partial charge in [0.05, 0.1) is 18.8 Å². The van der Waals surface area contributed by atoms with Gasteiger partial charge in [0.2, 0.25) is 5.88 Å². The van der Waals surface area contributed by atoms with Gasteiger partial charge in [-0.15, -0.1) is 5.10 Å². The Morgan fingerprint density at radius 3 is 2.85 bits per heavy atom. The van der Waals surface area contributed by atoms with Gasteiger partial charge in [0.1, 0.15) is 5.69 Å². The van der Waals surface area contributed by atoms with Crippen molar-refractivity contribution in [2.45, 2.75) is 25.8 Å². The van der Waals surface area contributed by atoms with Crippen LogP contribution in [0.25, 0.3) is 0 Å². The Morgan fingerprint density at radius 1 is 1.30 bits per heavy atom. The standard InChI is InChI=1S/C18H23N7O2/c1-11-6-13(22-24(11)2)9-19-16-8-17(23-25(3)18(16)26)27-10-12-7-14(12)15-4-5-20-21-15/h4-6,8,12,14,19H,7,9-10H2,1-3H3,(H,20,21). The van der Waals surface area contributed by atoms with Crippen LogP contribution in [0, 0.1) is 12.8 Å². The van der Waals surface area contributed by atoms with E-state index in [4.69, 9.17) is 4.74 Å². The molecule has 1 aliphatic rings. The SMILES string of the molecule is Cc1cc(CNc2cc(OCC3CC3c3ccn[nH]3)nn(C)c2=O)nn1C. The normalized spacial score (nSPS) is 18.5. The molecule has 1 aliphatic carbocycles. The van der Waals surface area contributed by atoms with Gasteiger partial charge in [-0.1, -0.05) is 0 Å². The fraction of sp³-hybridized carbons (Fsp3) is 0.444. The molecule has 142 valence electrons. The number of hydrogen-bond acceptors (Lipinski definition) is 6. The molecule has 4 rings (SSSR count). The van der Waals surface area contributed by atoms with E-state index in [1.807, 2.05) is 30.8 Å². The van der Waals surface area contributed by atoms with E-state index < -0.39 is 0 Å². The quantitative estimate of drug-likeness (QED) is 0.651. The van der Waals surface area contributed by atoms with Crippen molar-refractivity contribution >= 4 is 5.69 Å². The second kappa shape index (κ2) is 6.90. The van der Waals surface area contributed by atoms with Crippen LogP contribution in [-0.4, -0.2) is 36.4 Å². The maximum Gasteiger partial charge on any atom is 0.290 e. The van der Waals surface area contributed by atoms with Crippen LogP contribution in [0.2, 0.25) is 0 Å². The van der Waals surface area contributed by atoms with Crippen molar-refractivity contribution < 1.29 is 4.74 Å². The highest BCUT2D eigenvalue weighted by atomic mass is 16.5. The monoisotopic (exact) mass is 369 g/mol. The van der Waals surface area contributed by atoms with Crippen molar-refractivity contribution in [1.82, 2.24) is 29.8 Å². The zero-order chi connectivity index (χ0) is 19.0. The van der Waals surface area contributed by atoms with Gasteiger partial charge in [-0.3, -0.25) is 14.6 Å². The smallest absolute Gasteiger partial charge is 0.290 e. The second-order valence-electron chi connectivity index (χ2n) is 7.00. The molecule has 0 saturated heterocycles. The first kappa shape index (κ1) is 17.3. The van der Waals surface area contributed by atoms with E-state index in [0.717, 1.165) is 23.5 Å². The van der Waals surface area contributed by atoms with Crippen LogP contribution in [-0.2, 0) is 20.6 Å². The van der Waals surface area contributed by atoms with Crippen molar-refractivity contribution in [3.8, 4) is 5.88 Å². The van der Waals surface area contributed by atoms with E-state index >= 15 is 0 Å². The largest absolute Gasteiger partial charge is 0.476 e. The Kier molecular flexibility index (Phi) is 4.43. The van der Waals surface area contributed by atoms with Crippen molar-refractivity contribution in [1.29, 1.82) is 0 Å². The number of nitrogens with one attached hydrogen (secondary N) is 2. The molecule has 0 spiro atoms. The predicted octanol–water partition coefficient (Wildman–Crippen LogP) is 1.34. The zero-order valence-electron chi connectivity index (χ0n) is 15.6. The maximum absolute atomic E-state index is 12.3. The highest BCUT2D eigenvalue weighted by Gasteiger charge is 2.40. The predicted molar refractivity (Wildman–Crippen MR) is 99.7 cm³/mol. The Morgan fingerprint density at radius 2 is 2.15 bits per heavy atom. The summed E-state index contributed by atoms with van der Waals surface area (Å²) in [5, 5.41) is 18.7. The third-order valence-electron chi connectivity index (χ3n) is 4.95. The lowest BCUT2D eigenvalue weighted by atomic mass is 10.2. The molecule has 0 bridgehead atoms. The molecule has 3 aromatic heterocycles. The minimum atomic E-state index is -0.197. The summed E-state index contributed by atoms with van der Waals surface area (Å²) in [6.45, 7) is 3.01. The molecule has 2 N–H and O–H groups in total. The molecular formula is C18H23N7O2. The molecule has 3 heterocycles. The summed E-state index contributed by atoms with van der Waals surface area (Å²) in [4.78, 5) is 12.3. The fourth-order valence-electron chi connectivity index (χ4n) is 3.16. The third kappa shape index (κ3) is 3.71. The molecule has 0 amide bonds. The van der Waals surface area contributed by atoms with Gasteiger partial charge in [0.25, 0.3) is 5.56 Å². The second-order valence-corrected chi connectivity index (χ2v) is 7.00. The van der Waals surface area contributed by atoms with Crippen molar-refractivity contribution in [2.24, 2.45) is 20.0 Å². The summed E-state index contributed by atoms with van der Waals surface area (Å²) >= 11 is 0. The summed E-state index contributed by atoms with van der Waals surface area (Å²) in [5.74, 6) is 1.34.